The van der Waals surface area contributed by atoms with Crippen LogP contribution in [-0.4, -0.2) is 122 Å². The molecule has 71 heavy (non-hydrogen) atoms. The molecule has 0 aliphatic carbocycles. The largest absolute Gasteiger partial charge is 0.508 e. The maximum atomic E-state index is 12.7. The van der Waals surface area contributed by atoms with Crippen LogP contribution in [0.15, 0.2) is 102 Å². The van der Waals surface area contributed by atoms with E-state index < -0.39 is 0 Å². The van der Waals surface area contributed by atoms with Gasteiger partial charge in [-0.2, -0.15) is 14.9 Å². The highest BCUT2D eigenvalue weighted by molar-refractivity contribution is 9.09. The Morgan fingerprint density at radius 2 is 1.18 bits per heavy atom. The fourth-order valence-corrected chi connectivity index (χ4v) is 11.2. The van der Waals surface area contributed by atoms with Gasteiger partial charge in [0.15, 0.2) is 21.2 Å². The lowest BCUT2D eigenvalue weighted by atomic mass is 10.0. The summed E-state index contributed by atoms with van der Waals surface area (Å²) in [6.45, 7) is 11.7. The lowest BCUT2D eigenvalue weighted by Crippen LogP contribution is -2.43. The van der Waals surface area contributed by atoms with Crippen LogP contribution in [0.5, 0.6) is 11.5 Å². The predicted octanol–water partition coefficient (Wildman–Crippen LogP) is 10.0. The van der Waals surface area contributed by atoms with E-state index in [1.807, 2.05) is 19.1 Å². The highest BCUT2D eigenvalue weighted by Crippen LogP contribution is 2.32. The van der Waals surface area contributed by atoms with E-state index in [1.165, 1.54) is 136 Å². The van der Waals surface area contributed by atoms with Crippen molar-refractivity contribution < 1.29 is 19.8 Å². The Labute approximate surface area is 443 Å². The number of nitrogens with one attached hydrogen (secondary N) is 2. The van der Waals surface area contributed by atoms with Gasteiger partial charge in [-0.15, -0.1) is 0 Å². The van der Waals surface area contributed by atoms with Crippen molar-refractivity contribution in [2.24, 2.45) is 10.7 Å². The maximum Gasteiger partial charge on any atom is 0.206 e. The zero-order valence-electron chi connectivity index (χ0n) is 40.5. The number of piperidine rings is 2. The first-order chi connectivity index (χ1) is 34.0. The first-order valence-electron chi connectivity index (χ1n) is 24.2. The van der Waals surface area contributed by atoms with Crippen LogP contribution in [0.4, 0.5) is 33.7 Å². The van der Waals surface area contributed by atoms with Crippen molar-refractivity contribution in [2.45, 2.75) is 70.4 Å². The monoisotopic (exact) mass is 1100 g/mol. The quantitative estimate of drug-likeness (QED) is 0.0173. The minimum absolute atomic E-state index is 0. The molecule has 4 fully saturated rings. The number of nitrogens with zero attached hydrogens (tertiary/aromatic N) is 6. The molecule has 4 saturated heterocycles. The summed E-state index contributed by atoms with van der Waals surface area (Å²) < 4.78 is 0. The van der Waals surface area contributed by atoms with Gasteiger partial charge in [-0.05, 0) is 193 Å². The number of thioether (sulfide) groups is 1. The van der Waals surface area contributed by atoms with E-state index in [9.17, 15) is 14.7 Å². The van der Waals surface area contributed by atoms with E-state index in [1.54, 1.807) is 24.3 Å². The van der Waals surface area contributed by atoms with Crippen LogP contribution in [0.2, 0.25) is 0 Å². The molecule has 5 aromatic rings. The predicted molar refractivity (Wildman–Crippen MR) is 310 cm³/mol. The summed E-state index contributed by atoms with van der Waals surface area (Å²) >= 11 is 11.0. The Bertz CT molecular complexity index is 2490. The second-order valence-electron chi connectivity index (χ2n) is 17.7. The number of thiazole rings is 1. The number of Topliss-reactive ketones (excluding diaryl/α,β-unsaturated/α-hetero) is 1. The third-order valence-electron chi connectivity index (χ3n) is 13.0. The zero-order chi connectivity index (χ0) is 49.4. The number of amidine groups is 1. The topological polar surface area (TPSA) is 189 Å². The summed E-state index contributed by atoms with van der Waals surface area (Å²) in [4.78, 5) is 43.0. The van der Waals surface area contributed by atoms with E-state index in [-0.39, 0.29) is 38.8 Å². The lowest BCUT2D eigenvalue weighted by molar-refractivity contribution is 0.102. The highest BCUT2D eigenvalue weighted by Gasteiger charge is 2.28. The fraction of sp³-hybridized carbons (Fsp3) is 0.404. The number of phenolic OH excluding ortho intramolecular Hbond substituents is 2. The maximum absolute atomic E-state index is 12.7. The van der Waals surface area contributed by atoms with Crippen molar-refractivity contribution in [1.29, 1.82) is 0 Å². The Balaban J connectivity index is 0.000000193. The number of carbonyl (C=O) groups excluding carboxylic acids is 2. The van der Waals surface area contributed by atoms with Crippen LogP contribution in [0.25, 0.3) is 0 Å². The number of carbonyl (C=O) groups is 2. The van der Waals surface area contributed by atoms with Crippen LogP contribution < -0.4 is 31.9 Å². The Morgan fingerprint density at radius 1 is 0.732 bits per heavy atom. The molecule has 0 amide bonds. The summed E-state index contributed by atoms with van der Waals surface area (Å²) in [6.07, 6.45) is 10.5. The minimum atomic E-state index is -0.203. The number of alkyl halides is 1. The van der Waals surface area contributed by atoms with E-state index in [4.69, 9.17) is 28.8 Å². The number of hydrogen-bond donors (Lipinski definition) is 6. The van der Waals surface area contributed by atoms with Gasteiger partial charge in [-0.3, -0.25) is 9.59 Å². The summed E-state index contributed by atoms with van der Waals surface area (Å²) in [5, 5.41) is 26.5. The molecule has 4 aliphatic heterocycles. The van der Waals surface area contributed by atoms with Crippen molar-refractivity contribution >= 4 is 117 Å². The Morgan fingerprint density at radius 3 is 1.63 bits per heavy atom. The summed E-state index contributed by atoms with van der Waals surface area (Å²) in [5.74, 6) is 1.21. The highest BCUT2D eigenvalue weighted by atomic mass is 79.9. The molecule has 8 N–H and O–H groups in total. The molecule has 4 aliphatic rings. The average molecular weight is 1100 g/mol. The summed E-state index contributed by atoms with van der Waals surface area (Å²) in [7, 11) is 0. The Kier molecular flexibility index (Phi) is 21.8. The number of ketones is 2. The van der Waals surface area contributed by atoms with Gasteiger partial charge in [0, 0.05) is 72.1 Å². The van der Waals surface area contributed by atoms with Gasteiger partial charge in [-0.25, -0.2) is 4.98 Å². The molecule has 0 spiro atoms. The van der Waals surface area contributed by atoms with Gasteiger partial charge in [0.25, 0.3) is 0 Å². The van der Waals surface area contributed by atoms with Gasteiger partial charge in [-0.1, -0.05) is 46.0 Å². The lowest BCUT2D eigenvalue weighted by Gasteiger charge is -2.37. The van der Waals surface area contributed by atoms with Crippen molar-refractivity contribution in [3.8, 4) is 11.5 Å². The Hall–Kier alpha value is -4.81. The van der Waals surface area contributed by atoms with Crippen LogP contribution in [0, 0.1) is 0 Å². The van der Waals surface area contributed by atoms with Gasteiger partial charge in [0.05, 0.1) is 5.33 Å². The number of rotatable bonds is 12. The first-order valence-corrected chi connectivity index (χ1v) is 27.5. The van der Waals surface area contributed by atoms with Crippen LogP contribution in [-0.2, 0) is 0 Å². The smallest absolute Gasteiger partial charge is 0.206 e. The van der Waals surface area contributed by atoms with Crippen molar-refractivity contribution in [3.05, 3.63) is 113 Å². The molecule has 5 heterocycles. The molecule has 4 aromatic carbocycles. The number of likely N-dealkylation sites (tertiary alicyclic amines) is 2. The van der Waals surface area contributed by atoms with Crippen LogP contribution >= 0.6 is 61.1 Å². The number of nitrogen functional groups attached to an aromatic ring is 1. The number of aromatic nitrogens is 1. The molecule has 1 unspecified atom stereocenters. The fourth-order valence-electron chi connectivity index (χ4n) is 9.27. The average Bonchev–Trinajstić information content (AvgIpc) is 4.20. The number of benzene rings is 4. The molecule has 1 aromatic heterocycles. The molecule has 0 bridgehead atoms. The van der Waals surface area contributed by atoms with E-state index in [2.05, 4.69) is 92.5 Å². The van der Waals surface area contributed by atoms with E-state index in [0.29, 0.717) is 36.7 Å². The first kappa shape index (κ1) is 55.5. The number of halogens is 1. The number of anilines is 6. The second kappa shape index (κ2) is 27.9. The third-order valence-corrected chi connectivity index (χ3v) is 15.4. The number of thiocarbonyl (C=S) groups is 1. The number of nitrogens with two attached hydrogens (primary N) is 2. The van der Waals surface area contributed by atoms with Gasteiger partial charge < -0.3 is 51.9 Å². The summed E-state index contributed by atoms with van der Waals surface area (Å²) in [5.41, 5.74) is 17.3. The molecular formula is C52H68BrN10O4PS3. The zero-order valence-corrected chi connectivity index (χ0v) is 45.9. The van der Waals surface area contributed by atoms with Crippen molar-refractivity contribution in [1.82, 2.24) is 14.8 Å². The van der Waals surface area contributed by atoms with Gasteiger partial charge >= 0.3 is 0 Å². The van der Waals surface area contributed by atoms with Crippen LogP contribution in [0.1, 0.15) is 83.9 Å². The number of phenols is 2. The molecular weight excluding hydrogens is 1040 g/mol. The van der Waals surface area contributed by atoms with Crippen molar-refractivity contribution in [3.63, 3.8) is 0 Å². The molecule has 9 rings (SSSR count). The third kappa shape index (κ3) is 16.3. The van der Waals surface area contributed by atoms with Crippen molar-refractivity contribution in [2.75, 3.05) is 89.6 Å². The molecule has 1 atom stereocenters. The van der Waals surface area contributed by atoms with E-state index in [0.717, 1.165) is 55.4 Å². The molecule has 380 valence electrons. The van der Waals surface area contributed by atoms with Gasteiger partial charge in [0.1, 0.15) is 22.2 Å². The van der Waals surface area contributed by atoms with Crippen LogP contribution in [0.3, 0.4) is 0 Å². The number of aromatic hydroxyl groups is 2. The molecule has 14 nitrogen and oxygen atoms in total. The standard InChI is InChI=1S/C25H29N5O2S.C19H29N5S2.C8H7BrO2.H3P/c26-24-23(22(32)17-3-9-21(31)10-4-17)33-25(28-24)27-18-5-7-19(8-6-18)30-15-11-20(12-16-30)29-13-1-2-14-29;1-2-26-18(20)22-19(25)21-15-5-7-16(8-6-15)24-13-9-17(10-14-24)23-11-3-4-12-23;9-5-8(11)6-1-3-7(10)4-2-6;/h3-10,20,31H,1-2,11-16,26H2,(H,27,28);5-8,17H,2-4,9-14H2,1H3,(H3,20,21,22,25);1-4,10H,5H2;1H3. The minimum Gasteiger partial charge on any atom is -0.508 e. The molecule has 19 heteroatoms. The molecule has 0 radical (unpaired) electrons. The molecule has 0 saturated carbocycles. The SMILES string of the molecule is CCSC(N)=NC(=S)Nc1ccc(N2CCC(N3CCCC3)CC2)cc1.Nc1nc(Nc2ccc(N3CCC(N4CCCC4)CC3)cc2)sc1C(=O)c1ccc(O)cc1.O=C(CBr)c1ccc(O)cc1.P. The number of aliphatic imine (C=N–C) groups is 1. The second-order valence-corrected chi connectivity index (χ2v) is 20.9. The van der Waals surface area contributed by atoms with E-state index >= 15 is 0 Å². The van der Waals surface area contributed by atoms with Gasteiger partial charge in [0.2, 0.25) is 5.78 Å². The summed E-state index contributed by atoms with van der Waals surface area (Å²) in [6, 6.07) is 30.7. The normalized spacial score (nSPS) is 16.8. The number of hydrogen-bond acceptors (Lipinski definition) is 14.